The molecule has 0 bridgehead atoms. The Kier molecular flexibility index (Phi) is 4.19. The van der Waals surface area contributed by atoms with Gasteiger partial charge in [0.1, 0.15) is 11.3 Å². The minimum Gasteiger partial charge on any atom is -0.459 e. The standard InChI is InChI=1S/C17H21NO4S/c1-12(16-10-14-5-3-4-6-15(14)22-16)18(2)17(19)9-13-7-8-23(20,21)11-13/h3-6,10,12-13H,7-9,11H2,1-2H3. The van der Waals surface area contributed by atoms with Crippen LogP contribution in [0.5, 0.6) is 0 Å². The molecule has 0 radical (unpaired) electrons. The second-order valence-electron chi connectivity index (χ2n) is 6.34. The van der Waals surface area contributed by atoms with Crippen LogP contribution in [0.3, 0.4) is 0 Å². The first kappa shape index (κ1) is 16.1. The lowest BCUT2D eigenvalue weighted by molar-refractivity contribution is -0.132. The number of hydrogen-bond donors (Lipinski definition) is 0. The lowest BCUT2D eigenvalue weighted by Crippen LogP contribution is -2.31. The molecule has 3 rings (SSSR count). The Bertz CT molecular complexity index is 791. The maximum atomic E-state index is 12.4. The van der Waals surface area contributed by atoms with E-state index in [9.17, 15) is 13.2 Å². The minimum absolute atomic E-state index is 0.0416. The third kappa shape index (κ3) is 3.42. The first-order valence-corrected chi connectivity index (χ1v) is 9.62. The van der Waals surface area contributed by atoms with E-state index < -0.39 is 9.84 Å². The molecule has 23 heavy (non-hydrogen) atoms. The predicted octanol–water partition coefficient (Wildman–Crippen LogP) is 2.78. The van der Waals surface area contributed by atoms with Crippen LogP contribution in [0.2, 0.25) is 0 Å². The number of nitrogens with zero attached hydrogens (tertiary/aromatic N) is 1. The number of sulfone groups is 1. The van der Waals surface area contributed by atoms with Gasteiger partial charge in [0, 0.05) is 18.9 Å². The van der Waals surface area contributed by atoms with E-state index in [0.717, 1.165) is 16.7 Å². The van der Waals surface area contributed by atoms with Gasteiger partial charge in [0.25, 0.3) is 0 Å². The van der Waals surface area contributed by atoms with Gasteiger partial charge < -0.3 is 9.32 Å². The molecule has 6 heteroatoms. The van der Waals surface area contributed by atoms with Gasteiger partial charge in [0.05, 0.1) is 17.5 Å². The third-order valence-electron chi connectivity index (χ3n) is 4.62. The van der Waals surface area contributed by atoms with E-state index in [1.165, 1.54) is 0 Å². The maximum Gasteiger partial charge on any atom is 0.223 e. The Morgan fingerprint density at radius 3 is 2.78 bits per heavy atom. The Hall–Kier alpha value is -1.82. The quantitative estimate of drug-likeness (QED) is 0.861. The van der Waals surface area contributed by atoms with Crippen LogP contribution in [0, 0.1) is 5.92 Å². The summed E-state index contributed by atoms with van der Waals surface area (Å²) in [5.41, 5.74) is 0.803. The van der Waals surface area contributed by atoms with Crippen LogP contribution in [-0.4, -0.2) is 37.8 Å². The van der Waals surface area contributed by atoms with E-state index in [1.807, 2.05) is 37.3 Å². The van der Waals surface area contributed by atoms with Crippen molar-refractivity contribution in [1.29, 1.82) is 0 Å². The Morgan fingerprint density at radius 2 is 2.13 bits per heavy atom. The highest BCUT2D eigenvalue weighted by Crippen LogP contribution is 2.28. The molecule has 2 aromatic rings. The number of fused-ring (bicyclic) bond motifs is 1. The normalized spacial score (nSPS) is 21.4. The molecule has 1 aromatic carbocycles. The molecule has 5 nitrogen and oxygen atoms in total. The molecule has 2 heterocycles. The summed E-state index contributed by atoms with van der Waals surface area (Å²) in [7, 11) is -1.21. The highest BCUT2D eigenvalue weighted by molar-refractivity contribution is 7.91. The molecular weight excluding hydrogens is 314 g/mol. The van der Waals surface area contributed by atoms with Crippen LogP contribution in [0.4, 0.5) is 0 Å². The first-order valence-electron chi connectivity index (χ1n) is 7.80. The number of rotatable bonds is 4. The van der Waals surface area contributed by atoms with Crippen LogP contribution in [0.25, 0.3) is 11.0 Å². The highest BCUT2D eigenvalue weighted by Gasteiger charge is 2.31. The Labute approximate surface area is 136 Å². The van der Waals surface area contributed by atoms with Crippen molar-refractivity contribution in [2.75, 3.05) is 18.6 Å². The van der Waals surface area contributed by atoms with Crippen LogP contribution >= 0.6 is 0 Å². The van der Waals surface area contributed by atoms with Crippen molar-refractivity contribution in [2.45, 2.75) is 25.8 Å². The topological polar surface area (TPSA) is 67.6 Å². The van der Waals surface area contributed by atoms with Gasteiger partial charge in [-0.2, -0.15) is 0 Å². The number of amides is 1. The summed E-state index contributed by atoms with van der Waals surface area (Å²) in [6.45, 7) is 1.92. The van der Waals surface area contributed by atoms with Gasteiger partial charge in [-0.25, -0.2) is 8.42 Å². The summed E-state index contributed by atoms with van der Waals surface area (Å²) in [6, 6.07) is 9.49. The van der Waals surface area contributed by atoms with E-state index in [0.29, 0.717) is 6.42 Å². The lowest BCUT2D eigenvalue weighted by atomic mass is 10.0. The molecule has 2 atom stereocenters. The van der Waals surface area contributed by atoms with Crippen molar-refractivity contribution < 1.29 is 17.6 Å². The van der Waals surface area contributed by atoms with Gasteiger partial charge >= 0.3 is 0 Å². The zero-order valence-corrected chi connectivity index (χ0v) is 14.2. The summed E-state index contributed by atoms with van der Waals surface area (Å²) >= 11 is 0. The lowest BCUT2D eigenvalue weighted by Gasteiger charge is -2.24. The second kappa shape index (κ2) is 6.00. The molecule has 1 saturated heterocycles. The first-order chi connectivity index (χ1) is 10.9. The number of para-hydroxylation sites is 1. The fourth-order valence-corrected chi connectivity index (χ4v) is 4.90. The molecular formula is C17H21NO4S. The van der Waals surface area contributed by atoms with Gasteiger partial charge in [-0.3, -0.25) is 4.79 Å². The van der Waals surface area contributed by atoms with Gasteiger partial charge in [0.2, 0.25) is 5.91 Å². The van der Waals surface area contributed by atoms with Crippen LogP contribution < -0.4 is 0 Å². The molecule has 1 amide bonds. The Balaban J connectivity index is 1.69. The average Bonchev–Trinajstić information content (AvgIpc) is 3.08. The third-order valence-corrected chi connectivity index (χ3v) is 6.46. The average molecular weight is 335 g/mol. The Morgan fingerprint density at radius 1 is 1.39 bits per heavy atom. The molecule has 0 N–H and O–H groups in total. The maximum absolute atomic E-state index is 12.4. The molecule has 1 aromatic heterocycles. The molecule has 1 fully saturated rings. The molecule has 1 aliphatic heterocycles. The summed E-state index contributed by atoms with van der Waals surface area (Å²) in [5.74, 6) is 0.971. The zero-order valence-electron chi connectivity index (χ0n) is 13.4. The van der Waals surface area contributed by atoms with Gasteiger partial charge in [-0.05, 0) is 31.4 Å². The number of benzene rings is 1. The second-order valence-corrected chi connectivity index (χ2v) is 8.57. The van der Waals surface area contributed by atoms with E-state index >= 15 is 0 Å². The summed E-state index contributed by atoms with van der Waals surface area (Å²) < 4.78 is 28.8. The molecule has 2 unspecified atom stereocenters. The van der Waals surface area contributed by atoms with Crippen molar-refractivity contribution in [3.63, 3.8) is 0 Å². The highest BCUT2D eigenvalue weighted by atomic mass is 32.2. The zero-order chi connectivity index (χ0) is 16.6. The number of carbonyl (C=O) groups is 1. The van der Waals surface area contributed by atoms with Crippen molar-refractivity contribution in [2.24, 2.45) is 5.92 Å². The van der Waals surface area contributed by atoms with Crippen LogP contribution in [0.1, 0.15) is 31.6 Å². The SMILES string of the molecule is CC(c1cc2ccccc2o1)N(C)C(=O)CC1CCS(=O)(=O)C1. The molecule has 0 spiro atoms. The monoisotopic (exact) mass is 335 g/mol. The fourth-order valence-electron chi connectivity index (χ4n) is 3.04. The van der Waals surface area contributed by atoms with Crippen molar-refractivity contribution in [3.05, 3.63) is 36.1 Å². The molecule has 124 valence electrons. The number of hydrogen-bond acceptors (Lipinski definition) is 4. The smallest absolute Gasteiger partial charge is 0.223 e. The van der Waals surface area contributed by atoms with E-state index in [1.54, 1.807) is 11.9 Å². The van der Waals surface area contributed by atoms with Gasteiger partial charge in [-0.15, -0.1) is 0 Å². The van der Waals surface area contributed by atoms with Crippen molar-refractivity contribution >= 4 is 26.7 Å². The summed E-state index contributed by atoms with van der Waals surface area (Å²) in [5, 5.41) is 1.01. The largest absolute Gasteiger partial charge is 0.459 e. The van der Waals surface area contributed by atoms with Crippen LogP contribution in [-0.2, 0) is 14.6 Å². The predicted molar refractivity (Wildman–Crippen MR) is 88.8 cm³/mol. The number of carbonyl (C=O) groups excluding carboxylic acids is 1. The van der Waals surface area contributed by atoms with Gasteiger partial charge in [0.15, 0.2) is 9.84 Å². The van der Waals surface area contributed by atoms with Gasteiger partial charge in [-0.1, -0.05) is 18.2 Å². The van der Waals surface area contributed by atoms with Crippen molar-refractivity contribution in [1.82, 2.24) is 4.90 Å². The fraction of sp³-hybridized carbons (Fsp3) is 0.471. The van der Waals surface area contributed by atoms with E-state index in [2.05, 4.69) is 0 Å². The molecule has 0 aliphatic carbocycles. The van der Waals surface area contributed by atoms with E-state index in [-0.39, 0.29) is 35.8 Å². The molecule has 0 saturated carbocycles. The number of furan rings is 1. The van der Waals surface area contributed by atoms with Crippen molar-refractivity contribution in [3.8, 4) is 0 Å². The van der Waals surface area contributed by atoms with E-state index in [4.69, 9.17) is 4.42 Å². The molecule has 1 aliphatic rings. The van der Waals surface area contributed by atoms with Crippen LogP contribution in [0.15, 0.2) is 34.7 Å². The summed E-state index contributed by atoms with van der Waals surface area (Å²) in [4.78, 5) is 14.1. The summed E-state index contributed by atoms with van der Waals surface area (Å²) in [6.07, 6.45) is 0.862. The minimum atomic E-state index is -2.95.